The molecule has 0 aromatic carbocycles. The van der Waals surface area contributed by atoms with Gasteiger partial charge >= 0.3 is 0 Å². The molecule has 112 valence electrons. The summed E-state index contributed by atoms with van der Waals surface area (Å²) in [5, 5.41) is 3.33. The maximum absolute atomic E-state index is 11.4. The molecule has 0 spiro atoms. The highest BCUT2D eigenvalue weighted by atomic mass is 32.2. The van der Waals surface area contributed by atoms with Gasteiger partial charge in [0.25, 0.3) is 0 Å². The van der Waals surface area contributed by atoms with Crippen LogP contribution < -0.4 is 11.1 Å². The van der Waals surface area contributed by atoms with Crippen molar-refractivity contribution in [3.8, 4) is 0 Å². The molecule has 2 rings (SSSR count). The summed E-state index contributed by atoms with van der Waals surface area (Å²) in [6, 6.07) is 0.140. The largest absolute Gasteiger partial charge is 0.383 e. The highest BCUT2D eigenvalue weighted by molar-refractivity contribution is 7.91. The van der Waals surface area contributed by atoms with Crippen LogP contribution in [-0.4, -0.2) is 35.9 Å². The molecule has 0 aliphatic carbocycles. The average molecular weight is 298 g/mol. The molecule has 1 saturated heterocycles. The zero-order valence-corrected chi connectivity index (χ0v) is 12.8. The Morgan fingerprint density at radius 3 is 2.55 bits per heavy atom. The fraction of sp³-hybridized carbons (Fsp3) is 0.692. The van der Waals surface area contributed by atoms with Gasteiger partial charge in [-0.2, -0.15) is 0 Å². The quantitative estimate of drug-likeness (QED) is 0.869. The number of hydrogen-bond donors (Lipinski definition) is 2. The van der Waals surface area contributed by atoms with E-state index < -0.39 is 9.84 Å². The molecule has 3 N–H and O–H groups in total. The number of rotatable bonds is 4. The zero-order chi connectivity index (χ0) is 14.8. The fourth-order valence-corrected chi connectivity index (χ4v) is 3.78. The van der Waals surface area contributed by atoms with Gasteiger partial charge in [-0.1, -0.05) is 6.92 Å². The lowest BCUT2D eigenvalue weighted by atomic mass is 10.1. The van der Waals surface area contributed by atoms with Crippen molar-refractivity contribution < 1.29 is 8.42 Å². The Morgan fingerprint density at radius 2 is 1.95 bits per heavy atom. The molecule has 1 aromatic heterocycles. The predicted octanol–water partition coefficient (Wildman–Crippen LogP) is 1.31. The van der Waals surface area contributed by atoms with E-state index in [1.165, 1.54) is 0 Å². The van der Waals surface area contributed by atoms with Gasteiger partial charge < -0.3 is 11.1 Å². The molecule has 0 saturated carbocycles. The molecule has 0 bridgehead atoms. The van der Waals surface area contributed by atoms with Crippen LogP contribution in [0, 0.1) is 6.92 Å². The molecule has 1 fully saturated rings. The number of sulfone groups is 1. The van der Waals surface area contributed by atoms with Crippen LogP contribution >= 0.6 is 0 Å². The Balaban J connectivity index is 2.12. The van der Waals surface area contributed by atoms with Crippen molar-refractivity contribution in [1.82, 2.24) is 9.97 Å². The van der Waals surface area contributed by atoms with E-state index in [1.807, 2.05) is 6.92 Å². The van der Waals surface area contributed by atoms with Crippen LogP contribution in [0.2, 0.25) is 0 Å². The zero-order valence-electron chi connectivity index (χ0n) is 12.0. The Kier molecular flexibility index (Phi) is 4.47. The van der Waals surface area contributed by atoms with Gasteiger partial charge in [0.15, 0.2) is 0 Å². The summed E-state index contributed by atoms with van der Waals surface area (Å²) < 4.78 is 22.9. The van der Waals surface area contributed by atoms with E-state index in [1.54, 1.807) is 0 Å². The minimum atomic E-state index is -2.84. The Hall–Kier alpha value is -1.37. The van der Waals surface area contributed by atoms with Gasteiger partial charge in [-0.3, -0.25) is 0 Å². The lowest BCUT2D eigenvalue weighted by Crippen LogP contribution is -2.32. The highest BCUT2D eigenvalue weighted by Gasteiger charge is 2.24. The second-order valence-electron chi connectivity index (χ2n) is 5.32. The first-order chi connectivity index (χ1) is 9.41. The molecule has 1 aromatic rings. The second-order valence-corrected chi connectivity index (χ2v) is 7.62. The molecule has 2 heterocycles. The van der Waals surface area contributed by atoms with Gasteiger partial charge in [0, 0.05) is 18.0 Å². The Bertz CT molecular complexity index is 572. The molecule has 20 heavy (non-hydrogen) atoms. The van der Waals surface area contributed by atoms with Crippen LogP contribution in [0.3, 0.4) is 0 Å². The Morgan fingerprint density at radius 1 is 1.30 bits per heavy atom. The lowest BCUT2D eigenvalue weighted by molar-refractivity contribution is 0.558. The highest BCUT2D eigenvalue weighted by Crippen LogP contribution is 2.22. The predicted molar refractivity (Wildman–Crippen MR) is 80.5 cm³/mol. The van der Waals surface area contributed by atoms with Crippen LogP contribution in [0.25, 0.3) is 0 Å². The number of nitrogen functional groups attached to an aromatic ring is 1. The van der Waals surface area contributed by atoms with E-state index in [0.29, 0.717) is 18.7 Å². The molecule has 0 radical (unpaired) electrons. The van der Waals surface area contributed by atoms with E-state index in [4.69, 9.17) is 5.73 Å². The number of nitrogens with two attached hydrogens (primary N) is 1. The SMILES string of the molecule is CCCc1nc(N)c(C)c(NC2CCS(=O)(=O)CC2)n1. The second kappa shape index (κ2) is 5.95. The van der Waals surface area contributed by atoms with Crippen LogP contribution in [0.15, 0.2) is 0 Å². The third-order valence-corrected chi connectivity index (χ3v) is 5.31. The summed E-state index contributed by atoms with van der Waals surface area (Å²) in [5.41, 5.74) is 6.74. The average Bonchev–Trinajstić information content (AvgIpc) is 2.38. The topological polar surface area (TPSA) is 98.0 Å². The van der Waals surface area contributed by atoms with Gasteiger partial charge in [0.05, 0.1) is 11.5 Å². The van der Waals surface area contributed by atoms with Gasteiger partial charge in [-0.05, 0) is 26.2 Å². The summed E-state index contributed by atoms with van der Waals surface area (Å²) in [6.45, 7) is 3.95. The smallest absolute Gasteiger partial charge is 0.150 e. The molecule has 0 atom stereocenters. The number of nitrogens with one attached hydrogen (secondary N) is 1. The van der Waals surface area contributed by atoms with Crippen LogP contribution in [0.5, 0.6) is 0 Å². The third-order valence-electron chi connectivity index (χ3n) is 3.60. The summed E-state index contributed by atoms with van der Waals surface area (Å²) in [6.07, 6.45) is 2.99. The molecule has 1 aliphatic rings. The monoisotopic (exact) mass is 298 g/mol. The van der Waals surface area contributed by atoms with Crippen molar-refractivity contribution in [3.05, 3.63) is 11.4 Å². The first-order valence-corrected chi connectivity index (χ1v) is 8.83. The lowest BCUT2D eigenvalue weighted by Gasteiger charge is -2.24. The summed E-state index contributed by atoms with van der Waals surface area (Å²) in [4.78, 5) is 8.77. The van der Waals surface area contributed by atoms with E-state index in [-0.39, 0.29) is 17.5 Å². The van der Waals surface area contributed by atoms with Crippen LogP contribution in [-0.2, 0) is 16.3 Å². The van der Waals surface area contributed by atoms with Crippen LogP contribution in [0.1, 0.15) is 37.6 Å². The number of aryl methyl sites for hydroxylation is 1. The van der Waals surface area contributed by atoms with Gasteiger partial charge in [0.1, 0.15) is 27.3 Å². The van der Waals surface area contributed by atoms with Crippen LogP contribution in [0.4, 0.5) is 11.6 Å². The van der Waals surface area contributed by atoms with Crippen molar-refractivity contribution in [1.29, 1.82) is 0 Å². The van der Waals surface area contributed by atoms with Gasteiger partial charge in [0.2, 0.25) is 0 Å². The number of hydrogen-bond acceptors (Lipinski definition) is 6. The van der Waals surface area contributed by atoms with E-state index in [9.17, 15) is 8.42 Å². The number of nitrogens with zero attached hydrogens (tertiary/aromatic N) is 2. The Labute approximate surface area is 120 Å². The molecule has 0 amide bonds. The van der Waals surface area contributed by atoms with E-state index >= 15 is 0 Å². The van der Waals surface area contributed by atoms with Crippen molar-refractivity contribution in [2.45, 2.75) is 45.6 Å². The molecule has 6 nitrogen and oxygen atoms in total. The molecule has 7 heteroatoms. The summed E-state index contributed by atoms with van der Waals surface area (Å²) in [5.74, 6) is 2.46. The van der Waals surface area contributed by atoms with Crippen molar-refractivity contribution in [3.63, 3.8) is 0 Å². The van der Waals surface area contributed by atoms with Gasteiger partial charge in [-0.15, -0.1) is 0 Å². The van der Waals surface area contributed by atoms with E-state index in [2.05, 4.69) is 22.2 Å². The van der Waals surface area contributed by atoms with Crippen molar-refractivity contribution >= 4 is 21.5 Å². The minimum absolute atomic E-state index is 0.140. The summed E-state index contributed by atoms with van der Waals surface area (Å²) in [7, 11) is -2.84. The normalized spacial score (nSPS) is 18.9. The third kappa shape index (κ3) is 3.59. The number of aromatic nitrogens is 2. The van der Waals surface area contributed by atoms with Crippen molar-refractivity contribution in [2.75, 3.05) is 22.6 Å². The minimum Gasteiger partial charge on any atom is -0.383 e. The standard InChI is InChI=1S/C13H22N4O2S/c1-3-4-11-16-12(14)9(2)13(17-11)15-10-5-7-20(18,19)8-6-10/h10H,3-8H2,1-2H3,(H3,14,15,16,17). The maximum Gasteiger partial charge on any atom is 0.150 e. The summed E-state index contributed by atoms with van der Waals surface area (Å²) >= 11 is 0. The van der Waals surface area contributed by atoms with Crippen molar-refractivity contribution in [2.24, 2.45) is 0 Å². The first-order valence-electron chi connectivity index (χ1n) is 7.01. The molecule has 0 unspecified atom stereocenters. The van der Waals surface area contributed by atoms with E-state index in [0.717, 1.165) is 30.0 Å². The molecular formula is C13H22N4O2S. The fourth-order valence-electron chi connectivity index (χ4n) is 2.29. The number of anilines is 2. The molecular weight excluding hydrogens is 276 g/mol. The maximum atomic E-state index is 11.4. The molecule has 1 aliphatic heterocycles. The van der Waals surface area contributed by atoms with Gasteiger partial charge in [-0.25, -0.2) is 18.4 Å². The first kappa shape index (κ1) is 15.0.